The molecule has 140 valence electrons. The maximum absolute atomic E-state index is 13.5. The highest BCUT2D eigenvalue weighted by atomic mass is 32.2. The third-order valence-electron chi connectivity index (χ3n) is 3.89. The van der Waals surface area contributed by atoms with Crippen molar-refractivity contribution in [2.75, 3.05) is 17.1 Å². The highest BCUT2D eigenvalue weighted by Gasteiger charge is 2.17. The Morgan fingerprint density at radius 3 is 2.54 bits per heavy atom. The fourth-order valence-electron chi connectivity index (χ4n) is 2.58. The molecule has 0 unspecified atom stereocenters. The summed E-state index contributed by atoms with van der Waals surface area (Å²) < 4.78 is 38.9. The zero-order valence-electron chi connectivity index (χ0n) is 14.9. The molecule has 2 aromatic rings. The summed E-state index contributed by atoms with van der Waals surface area (Å²) in [5, 5.41) is 2.65. The van der Waals surface area contributed by atoms with E-state index in [9.17, 15) is 17.6 Å². The monoisotopic (exact) mass is 378 g/mol. The zero-order valence-corrected chi connectivity index (χ0v) is 15.7. The van der Waals surface area contributed by atoms with Gasteiger partial charge in [-0.25, -0.2) is 12.8 Å². The molecule has 0 spiro atoms. The van der Waals surface area contributed by atoms with Crippen LogP contribution in [-0.4, -0.2) is 27.1 Å². The fraction of sp³-hybridized carbons (Fsp3) is 0.316. The molecule has 0 aliphatic rings. The van der Waals surface area contributed by atoms with Crippen molar-refractivity contribution in [1.29, 1.82) is 0 Å². The summed E-state index contributed by atoms with van der Waals surface area (Å²) in [6, 6.07) is 13.4. The van der Waals surface area contributed by atoms with Crippen LogP contribution in [0.4, 0.5) is 10.1 Å². The number of carbonyl (C=O) groups is 1. The topological polar surface area (TPSA) is 66.5 Å². The molecule has 0 saturated heterocycles. The first-order valence-corrected chi connectivity index (χ1v) is 10.2. The lowest BCUT2D eigenvalue weighted by atomic mass is 10.2. The van der Waals surface area contributed by atoms with Crippen LogP contribution in [-0.2, 0) is 21.4 Å². The minimum absolute atomic E-state index is 0.110. The molecule has 0 fully saturated rings. The molecule has 0 saturated carbocycles. The van der Waals surface area contributed by atoms with Gasteiger partial charge in [-0.3, -0.25) is 9.10 Å². The van der Waals surface area contributed by atoms with Gasteiger partial charge in [-0.1, -0.05) is 30.3 Å². The maximum atomic E-state index is 13.5. The largest absolute Gasteiger partial charge is 0.352 e. The first-order valence-electron chi connectivity index (χ1n) is 8.32. The highest BCUT2D eigenvalue weighted by Crippen LogP contribution is 2.19. The normalized spacial score (nSPS) is 11.2. The molecule has 0 aromatic heterocycles. The lowest BCUT2D eigenvalue weighted by Crippen LogP contribution is -2.32. The van der Waals surface area contributed by atoms with Crippen LogP contribution in [0.5, 0.6) is 0 Å². The van der Waals surface area contributed by atoms with Gasteiger partial charge >= 0.3 is 0 Å². The van der Waals surface area contributed by atoms with Gasteiger partial charge in [-0.2, -0.15) is 0 Å². The second-order valence-corrected chi connectivity index (χ2v) is 8.05. The molecular weight excluding hydrogens is 355 g/mol. The summed E-state index contributed by atoms with van der Waals surface area (Å²) in [7, 11) is -3.44. The van der Waals surface area contributed by atoms with Gasteiger partial charge in [-0.15, -0.1) is 0 Å². The number of nitrogens with one attached hydrogen (secondary N) is 1. The number of hydrogen-bond acceptors (Lipinski definition) is 3. The van der Waals surface area contributed by atoms with Crippen molar-refractivity contribution in [3.8, 4) is 0 Å². The molecule has 5 nitrogen and oxygen atoms in total. The number of sulfonamides is 1. The number of anilines is 1. The number of hydrogen-bond donors (Lipinski definition) is 1. The molecular formula is C19H23FN2O3S. The van der Waals surface area contributed by atoms with Crippen molar-refractivity contribution >= 4 is 21.6 Å². The van der Waals surface area contributed by atoms with E-state index in [2.05, 4.69) is 5.32 Å². The highest BCUT2D eigenvalue weighted by molar-refractivity contribution is 7.92. The molecule has 7 heteroatoms. The number of aryl methyl sites for hydroxylation is 1. The molecule has 0 heterocycles. The number of halogens is 1. The molecule has 2 aromatic carbocycles. The van der Waals surface area contributed by atoms with Crippen molar-refractivity contribution in [3.63, 3.8) is 0 Å². The van der Waals surface area contributed by atoms with Gasteiger partial charge in [-0.05, 0) is 37.1 Å². The smallest absolute Gasteiger partial charge is 0.232 e. The predicted octanol–water partition coefficient (Wildman–Crippen LogP) is 3.00. The van der Waals surface area contributed by atoms with Gasteiger partial charge in [0.1, 0.15) is 5.82 Å². The average Bonchev–Trinajstić information content (AvgIpc) is 2.57. The van der Waals surface area contributed by atoms with Crippen LogP contribution in [0.1, 0.15) is 24.0 Å². The minimum atomic E-state index is -3.44. The van der Waals surface area contributed by atoms with E-state index in [0.29, 0.717) is 17.7 Å². The van der Waals surface area contributed by atoms with Crippen LogP contribution < -0.4 is 9.62 Å². The Morgan fingerprint density at radius 2 is 1.88 bits per heavy atom. The quantitative estimate of drug-likeness (QED) is 0.768. The zero-order chi connectivity index (χ0) is 19.2. The summed E-state index contributed by atoms with van der Waals surface area (Å²) in [4.78, 5) is 11.9. The Kier molecular flexibility index (Phi) is 6.74. The van der Waals surface area contributed by atoms with Gasteiger partial charge < -0.3 is 5.32 Å². The van der Waals surface area contributed by atoms with E-state index >= 15 is 0 Å². The van der Waals surface area contributed by atoms with Crippen LogP contribution in [0.2, 0.25) is 0 Å². The Balaban J connectivity index is 1.89. The summed E-state index contributed by atoms with van der Waals surface area (Å²) in [5.41, 5.74) is 1.96. The minimum Gasteiger partial charge on any atom is -0.352 e. The number of amides is 1. The predicted molar refractivity (Wildman–Crippen MR) is 101 cm³/mol. The average molecular weight is 378 g/mol. The first kappa shape index (κ1) is 19.9. The molecule has 26 heavy (non-hydrogen) atoms. The molecule has 2 rings (SSSR count). The second kappa shape index (κ2) is 8.80. The summed E-state index contributed by atoms with van der Waals surface area (Å²) in [6.07, 6.45) is 1.67. The lowest BCUT2D eigenvalue weighted by Gasteiger charge is -2.22. The molecule has 1 amide bonds. The molecule has 0 aliphatic carbocycles. The SMILES string of the molecule is Cc1cccc(N(CCCC(=O)NCc2ccccc2F)S(C)(=O)=O)c1. The summed E-state index contributed by atoms with van der Waals surface area (Å²) in [5.74, 6) is -0.610. The van der Waals surface area contributed by atoms with Crippen molar-refractivity contribution in [2.45, 2.75) is 26.3 Å². The van der Waals surface area contributed by atoms with Crippen LogP contribution in [0.25, 0.3) is 0 Å². The van der Waals surface area contributed by atoms with E-state index in [1.807, 2.05) is 13.0 Å². The number of carbonyl (C=O) groups excluding carboxylic acids is 1. The Morgan fingerprint density at radius 1 is 1.15 bits per heavy atom. The Hall–Kier alpha value is -2.41. The molecule has 0 radical (unpaired) electrons. The number of rotatable bonds is 8. The van der Waals surface area contributed by atoms with Gasteiger partial charge in [0.05, 0.1) is 11.9 Å². The summed E-state index contributed by atoms with van der Waals surface area (Å²) in [6.45, 7) is 2.20. The molecule has 0 aliphatic heterocycles. The van der Waals surface area contributed by atoms with Crippen LogP contribution in [0.3, 0.4) is 0 Å². The molecule has 0 atom stereocenters. The van der Waals surface area contributed by atoms with Gasteiger partial charge in [0.25, 0.3) is 0 Å². The van der Waals surface area contributed by atoms with E-state index in [0.717, 1.165) is 11.8 Å². The van der Waals surface area contributed by atoms with Gasteiger partial charge in [0.15, 0.2) is 0 Å². The van der Waals surface area contributed by atoms with E-state index in [-0.39, 0.29) is 31.2 Å². The third kappa shape index (κ3) is 5.84. The van der Waals surface area contributed by atoms with Crippen LogP contribution in [0, 0.1) is 12.7 Å². The van der Waals surface area contributed by atoms with Crippen LogP contribution >= 0.6 is 0 Å². The van der Waals surface area contributed by atoms with Crippen molar-refractivity contribution in [2.24, 2.45) is 0 Å². The van der Waals surface area contributed by atoms with Crippen molar-refractivity contribution in [3.05, 3.63) is 65.5 Å². The van der Waals surface area contributed by atoms with Crippen LogP contribution in [0.15, 0.2) is 48.5 Å². The Labute approximate surface area is 153 Å². The lowest BCUT2D eigenvalue weighted by molar-refractivity contribution is -0.121. The van der Waals surface area contributed by atoms with E-state index < -0.39 is 10.0 Å². The molecule has 0 bridgehead atoms. The van der Waals surface area contributed by atoms with Gasteiger partial charge in [0, 0.05) is 25.1 Å². The fourth-order valence-corrected chi connectivity index (χ4v) is 3.53. The Bertz CT molecular complexity index is 869. The third-order valence-corrected chi connectivity index (χ3v) is 5.08. The van der Waals surface area contributed by atoms with E-state index in [1.54, 1.807) is 36.4 Å². The maximum Gasteiger partial charge on any atom is 0.232 e. The van der Waals surface area contributed by atoms with E-state index in [1.165, 1.54) is 10.4 Å². The van der Waals surface area contributed by atoms with E-state index in [4.69, 9.17) is 0 Å². The standard InChI is InChI=1S/C19H23FN2O3S/c1-15-7-5-9-17(13-15)22(26(2,24)25)12-6-11-19(23)21-14-16-8-3-4-10-18(16)20/h3-5,7-10,13H,6,11-12,14H2,1-2H3,(H,21,23). The van der Waals surface area contributed by atoms with Gasteiger partial charge in [0.2, 0.25) is 15.9 Å². The number of nitrogens with zero attached hydrogens (tertiary/aromatic N) is 1. The van der Waals surface area contributed by atoms with Crippen molar-refractivity contribution < 1.29 is 17.6 Å². The molecule has 1 N–H and O–H groups in total. The summed E-state index contributed by atoms with van der Waals surface area (Å²) >= 11 is 0. The van der Waals surface area contributed by atoms with Crippen molar-refractivity contribution in [1.82, 2.24) is 5.32 Å². The first-order chi connectivity index (χ1) is 12.3. The second-order valence-electron chi connectivity index (χ2n) is 6.15. The number of benzene rings is 2.